The molecule has 2 heterocycles. The molecule has 1 aromatic heterocycles. The highest BCUT2D eigenvalue weighted by atomic mass is 32.1. The molecule has 11 heteroatoms. The quantitative estimate of drug-likeness (QED) is 0.548. The first-order valence-corrected chi connectivity index (χ1v) is 6.13. The fourth-order valence-electron chi connectivity index (χ4n) is 2.13. The summed E-state index contributed by atoms with van der Waals surface area (Å²) in [5.74, 6) is -4.02. The van der Waals surface area contributed by atoms with E-state index in [9.17, 15) is 22.7 Å². The summed E-state index contributed by atoms with van der Waals surface area (Å²) < 4.78 is 57.7. The van der Waals surface area contributed by atoms with Crippen LogP contribution in [0.25, 0.3) is 0 Å². The van der Waals surface area contributed by atoms with Gasteiger partial charge in [-0.2, -0.15) is 18.2 Å². The SMILES string of the molecule is Nc1nc(=S)n([C@@H]2O[C@H](CO)C(O)[C@@H]2C(F)(F)F)cc1F. The van der Waals surface area contributed by atoms with Crippen LogP contribution in [-0.4, -0.2) is 44.8 Å². The van der Waals surface area contributed by atoms with Crippen molar-refractivity contribution in [2.45, 2.75) is 24.6 Å². The predicted molar refractivity (Wildman–Crippen MR) is 64.0 cm³/mol. The number of nitrogen functional groups attached to an aromatic ring is 1. The van der Waals surface area contributed by atoms with Gasteiger partial charge in [-0.05, 0) is 12.2 Å². The highest BCUT2D eigenvalue weighted by Crippen LogP contribution is 2.44. The standard InChI is InChI=1S/C10H11F4N3O3S/c11-3-1-17(9(21)16-7(3)15)8-5(10(12,13)14)6(19)4(2-18)20-8/h1,4-6,8,18-19H,2H2,(H2,15,16,21)/t4-,5+,6?,8-/m1/s1. The van der Waals surface area contributed by atoms with Crippen molar-refractivity contribution in [2.75, 3.05) is 12.3 Å². The highest BCUT2D eigenvalue weighted by molar-refractivity contribution is 7.71. The van der Waals surface area contributed by atoms with Crippen molar-refractivity contribution in [1.82, 2.24) is 9.55 Å². The summed E-state index contributed by atoms with van der Waals surface area (Å²) in [5.41, 5.74) is 5.17. The first kappa shape index (κ1) is 16.1. The van der Waals surface area contributed by atoms with Crippen LogP contribution in [0.2, 0.25) is 0 Å². The van der Waals surface area contributed by atoms with Crippen LogP contribution in [0.4, 0.5) is 23.4 Å². The van der Waals surface area contributed by atoms with Gasteiger partial charge in [0, 0.05) is 6.20 Å². The van der Waals surface area contributed by atoms with Crippen LogP contribution in [0, 0.1) is 16.5 Å². The Morgan fingerprint density at radius 3 is 2.62 bits per heavy atom. The van der Waals surface area contributed by atoms with Crippen LogP contribution < -0.4 is 5.73 Å². The minimum atomic E-state index is -4.85. The maximum atomic E-state index is 13.4. The number of hydrogen-bond acceptors (Lipinski definition) is 6. The predicted octanol–water partition coefficient (Wildman–Crippen LogP) is 0.763. The van der Waals surface area contributed by atoms with Crippen molar-refractivity contribution in [2.24, 2.45) is 5.92 Å². The van der Waals surface area contributed by atoms with Gasteiger partial charge in [0.2, 0.25) is 4.77 Å². The van der Waals surface area contributed by atoms with Gasteiger partial charge in [0.05, 0.1) is 12.7 Å². The lowest BCUT2D eigenvalue weighted by Gasteiger charge is -2.24. The molecule has 1 saturated heterocycles. The maximum Gasteiger partial charge on any atom is 0.398 e. The zero-order chi connectivity index (χ0) is 15.9. The Balaban J connectivity index is 2.51. The van der Waals surface area contributed by atoms with E-state index in [-0.39, 0.29) is 0 Å². The third kappa shape index (κ3) is 2.86. The van der Waals surface area contributed by atoms with Crippen LogP contribution in [-0.2, 0) is 4.74 Å². The summed E-state index contributed by atoms with van der Waals surface area (Å²) in [6, 6.07) is 0. The maximum absolute atomic E-state index is 13.4. The van der Waals surface area contributed by atoms with Gasteiger partial charge in [-0.1, -0.05) is 0 Å². The van der Waals surface area contributed by atoms with Gasteiger partial charge in [0.1, 0.15) is 12.0 Å². The number of aliphatic hydroxyl groups excluding tert-OH is 2. The van der Waals surface area contributed by atoms with Crippen LogP contribution in [0.15, 0.2) is 6.20 Å². The second-order valence-electron chi connectivity index (χ2n) is 4.47. The molecule has 1 aromatic rings. The topological polar surface area (TPSA) is 93.5 Å². The van der Waals surface area contributed by atoms with Crippen molar-refractivity contribution >= 4 is 18.0 Å². The minimum Gasteiger partial charge on any atom is -0.394 e. The minimum absolute atomic E-state index is 0.432. The number of alkyl halides is 3. The Morgan fingerprint density at radius 2 is 2.10 bits per heavy atom. The lowest BCUT2D eigenvalue weighted by atomic mass is 9.99. The van der Waals surface area contributed by atoms with E-state index < -0.39 is 53.5 Å². The first-order chi connectivity index (χ1) is 9.66. The second kappa shape index (κ2) is 5.48. The van der Waals surface area contributed by atoms with Crippen molar-refractivity contribution in [3.05, 3.63) is 16.8 Å². The van der Waals surface area contributed by atoms with Gasteiger partial charge in [0.25, 0.3) is 0 Å². The third-order valence-corrected chi connectivity index (χ3v) is 3.44. The van der Waals surface area contributed by atoms with Gasteiger partial charge < -0.3 is 20.7 Å². The van der Waals surface area contributed by atoms with E-state index in [4.69, 9.17) is 27.8 Å². The first-order valence-electron chi connectivity index (χ1n) is 5.72. The van der Waals surface area contributed by atoms with Crippen molar-refractivity contribution in [1.29, 1.82) is 0 Å². The monoisotopic (exact) mass is 329 g/mol. The molecule has 0 aliphatic carbocycles. The molecule has 1 unspecified atom stereocenters. The highest BCUT2D eigenvalue weighted by Gasteiger charge is 2.58. The van der Waals surface area contributed by atoms with Crippen molar-refractivity contribution in [3.8, 4) is 0 Å². The molecule has 0 amide bonds. The summed E-state index contributed by atoms with van der Waals surface area (Å²) in [4.78, 5) is 3.40. The van der Waals surface area contributed by atoms with Gasteiger partial charge >= 0.3 is 6.18 Å². The zero-order valence-corrected chi connectivity index (χ0v) is 11.1. The number of aromatic nitrogens is 2. The van der Waals surface area contributed by atoms with Crippen molar-refractivity contribution in [3.63, 3.8) is 0 Å². The second-order valence-corrected chi connectivity index (χ2v) is 4.83. The number of nitrogens with zero attached hydrogens (tertiary/aromatic N) is 2. The van der Waals surface area contributed by atoms with E-state index in [0.29, 0.717) is 10.8 Å². The van der Waals surface area contributed by atoms with Gasteiger partial charge in [-0.15, -0.1) is 0 Å². The lowest BCUT2D eigenvalue weighted by Crippen LogP contribution is -2.39. The molecule has 1 fully saturated rings. The molecule has 6 nitrogen and oxygen atoms in total. The number of ether oxygens (including phenoxy) is 1. The fourth-order valence-corrected chi connectivity index (χ4v) is 2.38. The number of halogens is 4. The van der Waals surface area contributed by atoms with E-state index in [0.717, 1.165) is 0 Å². The molecular formula is C10H11F4N3O3S. The molecule has 0 spiro atoms. The molecule has 0 radical (unpaired) electrons. The molecule has 4 N–H and O–H groups in total. The Bertz CT molecular complexity index is 594. The van der Waals surface area contributed by atoms with E-state index in [1.54, 1.807) is 0 Å². The Kier molecular flexibility index (Phi) is 4.19. The summed E-state index contributed by atoms with van der Waals surface area (Å²) >= 11 is 4.74. The number of rotatable bonds is 2. The number of hydrogen-bond donors (Lipinski definition) is 3. The summed E-state index contributed by atoms with van der Waals surface area (Å²) in [6.07, 6.45) is -9.54. The molecule has 1 aliphatic heterocycles. The molecule has 0 aromatic carbocycles. The molecule has 21 heavy (non-hydrogen) atoms. The van der Waals surface area contributed by atoms with E-state index in [1.165, 1.54) is 0 Å². The van der Waals surface area contributed by atoms with Gasteiger partial charge in [0.15, 0.2) is 17.9 Å². The largest absolute Gasteiger partial charge is 0.398 e. The number of anilines is 1. The van der Waals surface area contributed by atoms with E-state index in [2.05, 4.69) is 4.98 Å². The molecular weight excluding hydrogens is 318 g/mol. The smallest absolute Gasteiger partial charge is 0.394 e. The van der Waals surface area contributed by atoms with Gasteiger partial charge in [-0.3, -0.25) is 4.57 Å². The van der Waals surface area contributed by atoms with E-state index in [1.807, 2.05) is 0 Å². The third-order valence-electron chi connectivity index (χ3n) is 3.14. The molecule has 1 aliphatic rings. The van der Waals surface area contributed by atoms with Crippen LogP contribution in [0.5, 0.6) is 0 Å². The summed E-state index contributed by atoms with van der Waals surface area (Å²) in [7, 11) is 0. The molecule has 118 valence electrons. The molecule has 2 rings (SSSR count). The average Bonchev–Trinajstić information content (AvgIpc) is 2.70. The summed E-state index contributed by atoms with van der Waals surface area (Å²) in [5, 5.41) is 18.6. The van der Waals surface area contributed by atoms with E-state index >= 15 is 0 Å². The normalized spacial score (nSPS) is 29.8. The zero-order valence-electron chi connectivity index (χ0n) is 10.3. The van der Waals surface area contributed by atoms with Crippen molar-refractivity contribution < 1.29 is 32.5 Å². The van der Waals surface area contributed by atoms with Crippen LogP contribution >= 0.6 is 12.2 Å². The number of aliphatic hydroxyl groups is 2. The molecule has 4 atom stereocenters. The Hall–Kier alpha value is -1.30. The van der Waals surface area contributed by atoms with Gasteiger partial charge in [-0.25, -0.2) is 4.39 Å². The average molecular weight is 329 g/mol. The fraction of sp³-hybridized carbons (Fsp3) is 0.600. The Labute approximate surface area is 120 Å². The van der Waals surface area contributed by atoms with Crippen LogP contribution in [0.1, 0.15) is 6.23 Å². The molecule has 0 bridgehead atoms. The van der Waals surface area contributed by atoms with Crippen LogP contribution in [0.3, 0.4) is 0 Å². The lowest BCUT2D eigenvalue weighted by molar-refractivity contribution is -0.211. The Morgan fingerprint density at radius 1 is 1.48 bits per heavy atom. The molecule has 0 saturated carbocycles. The summed E-state index contributed by atoms with van der Waals surface area (Å²) in [6.45, 7) is -0.831. The number of nitrogens with two attached hydrogens (primary N) is 1.